The van der Waals surface area contributed by atoms with Crippen LogP contribution in [-0.4, -0.2) is 38.8 Å². The van der Waals surface area contributed by atoms with Gasteiger partial charge < -0.3 is 15.2 Å². The van der Waals surface area contributed by atoms with Gasteiger partial charge in [-0.25, -0.2) is 9.98 Å². The number of aromatic nitrogens is 4. The van der Waals surface area contributed by atoms with Crippen LogP contribution in [0.5, 0.6) is 0 Å². The van der Waals surface area contributed by atoms with Gasteiger partial charge in [0.2, 0.25) is 0 Å². The molecule has 0 saturated carbocycles. The van der Waals surface area contributed by atoms with Crippen molar-refractivity contribution in [3.8, 4) is 0 Å². The highest BCUT2D eigenvalue weighted by Crippen LogP contribution is 2.18. The molecule has 0 saturated heterocycles. The van der Waals surface area contributed by atoms with Crippen LogP contribution >= 0.6 is 11.3 Å². The highest BCUT2D eigenvalue weighted by atomic mass is 32.1. The van der Waals surface area contributed by atoms with Gasteiger partial charge in [-0.05, 0) is 33.6 Å². The number of thiazole rings is 1. The first-order valence-electron chi connectivity index (χ1n) is 9.53. The van der Waals surface area contributed by atoms with Gasteiger partial charge in [-0.3, -0.25) is 0 Å². The Morgan fingerprint density at radius 3 is 2.85 bits per heavy atom. The maximum atomic E-state index is 4.70. The molecule has 0 atom stereocenters. The quantitative estimate of drug-likeness (QED) is 0.598. The van der Waals surface area contributed by atoms with Crippen LogP contribution in [0.3, 0.4) is 0 Å². The molecular weight excluding hydrogens is 346 g/mol. The summed E-state index contributed by atoms with van der Waals surface area (Å²) in [5.41, 5.74) is 1.08. The lowest BCUT2D eigenvalue weighted by molar-refractivity contribution is 0.600. The third kappa shape index (κ3) is 4.81. The van der Waals surface area contributed by atoms with Crippen molar-refractivity contribution < 1.29 is 0 Å². The number of rotatable bonds is 6. The van der Waals surface area contributed by atoms with E-state index in [0.29, 0.717) is 6.54 Å². The Morgan fingerprint density at radius 1 is 1.19 bits per heavy atom. The van der Waals surface area contributed by atoms with Crippen LogP contribution in [0.1, 0.15) is 53.4 Å². The number of hydrogen-bond acceptors (Lipinski definition) is 5. The van der Waals surface area contributed by atoms with Gasteiger partial charge in [0.15, 0.2) is 5.96 Å². The Hall–Kier alpha value is -1.96. The lowest BCUT2D eigenvalue weighted by Crippen LogP contribution is -2.38. The van der Waals surface area contributed by atoms with Crippen molar-refractivity contribution >= 4 is 17.3 Å². The Bertz CT molecular complexity index is 747. The van der Waals surface area contributed by atoms with Crippen LogP contribution in [-0.2, 0) is 25.9 Å². The predicted molar refractivity (Wildman–Crippen MR) is 106 cm³/mol. The molecule has 1 aliphatic rings. The Morgan fingerprint density at radius 2 is 2.08 bits per heavy atom. The molecule has 0 aromatic carbocycles. The zero-order valence-electron chi connectivity index (χ0n) is 16.0. The van der Waals surface area contributed by atoms with E-state index in [4.69, 9.17) is 4.99 Å². The highest BCUT2D eigenvalue weighted by Gasteiger charge is 2.14. The molecule has 0 bridgehead atoms. The van der Waals surface area contributed by atoms with E-state index in [1.54, 1.807) is 11.3 Å². The second-order valence-electron chi connectivity index (χ2n) is 6.61. The first-order valence-corrected chi connectivity index (χ1v) is 10.3. The molecule has 3 rings (SSSR count). The maximum absolute atomic E-state index is 4.70. The normalized spacial score (nSPS) is 14.8. The third-order valence-corrected chi connectivity index (χ3v) is 5.61. The van der Waals surface area contributed by atoms with Crippen molar-refractivity contribution in [1.29, 1.82) is 0 Å². The summed E-state index contributed by atoms with van der Waals surface area (Å²) in [6.07, 6.45) is 5.65. The summed E-state index contributed by atoms with van der Waals surface area (Å²) >= 11 is 1.72. The monoisotopic (exact) mass is 375 g/mol. The average molecular weight is 376 g/mol. The van der Waals surface area contributed by atoms with E-state index >= 15 is 0 Å². The molecule has 7 nitrogen and oxygen atoms in total. The van der Waals surface area contributed by atoms with E-state index in [9.17, 15) is 0 Å². The lowest BCUT2D eigenvalue weighted by atomic mass is 10.2. The SMILES string of the molecule is CCNC(=NCc1sc(C)nc1C)NCCc1nnc2n1CCCCC2. The Labute approximate surface area is 159 Å². The van der Waals surface area contributed by atoms with Crippen molar-refractivity contribution in [2.75, 3.05) is 13.1 Å². The molecule has 0 spiro atoms. The van der Waals surface area contributed by atoms with Gasteiger partial charge in [-0.2, -0.15) is 0 Å². The number of fused-ring (bicyclic) bond motifs is 1. The fraction of sp³-hybridized carbons (Fsp3) is 0.667. The largest absolute Gasteiger partial charge is 0.357 e. The smallest absolute Gasteiger partial charge is 0.191 e. The number of nitrogens with zero attached hydrogens (tertiary/aromatic N) is 5. The Balaban J connectivity index is 1.56. The molecule has 3 heterocycles. The summed E-state index contributed by atoms with van der Waals surface area (Å²) in [6, 6.07) is 0. The van der Waals surface area contributed by atoms with Crippen LogP contribution in [0.25, 0.3) is 0 Å². The van der Waals surface area contributed by atoms with E-state index < -0.39 is 0 Å². The van der Waals surface area contributed by atoms with E-state index in [1.807, 2.05) is 13.8 Å². The highest BCUT2D eigenvalue weighted by molar-refractivity contribution is 7.11. The van der Waals surface area contributed by atoms with Gasteiger partial charge in [-0.15, -0.1) is 21.5 Å². The summed E-state index contributed by atoms with van der Waals surface area (Å²) in [5, 5.41) is 16.6. The molecule has 2 aromatic heterocycles. The number of nitrogens with one attached hydrogen (secondary N) is 2. The lowest BCUT2D eigenvalue weighted by Gasteiger charge is -2.12. The van der Waals surface area contributed by atoms with Crippen molar-refractivity contribution in [2.45, 2.75) is 66.0 Å². The van der Waals surface area contributed by atoms with Crippen LogP contribution in [0, 0.1) is 13.8 Å². The van der Waals surface area contributed by atoms with Crippen molar-refractivity contribution in [3.05, 3.63) is 27.2 Å². The van der Waals surface area contributed by atoms with Gasteiger partial charge in [0.05, 0.1) is 17.2 Å². The summed E-state index contributed by atoms with van der Waals surface area (Å²) in [7, 11) is 0. The van der Waals surface area contributed by atoms with Crippen LogP contribution < -0.4 is 10.6 Å². The van der Waals surface area contributed by atoms with E-state index in [2.05, 4.69) is 37.3 Å². The minimum absolute atomic E-state index is 0.660. The van der Waals surface area contributed by atoms with E-state index in [-0.39, 0.29) is 0 Å². The van der Waals surface area contributed by atoms with Crippen molar-refractivity contribution in [2.24, 2.45) is 4.99 Å². The standard InChI is InChI=1S/C18H29N7S/c1-4-19-18(21-12-15-13(2)22-14(3)26-15)20-10-9-17-24-23-16-8-6-5-7-11-25(16)17/h4-12H2,1-3H3,(H2,19,20,21). The molecule has 0 aliphatic carbocycles. The first kappa shape index (κ1) is 18.8. The molecule has 8 heteroatoms. The van der Waals surface area contributed by atoms with Gasteiger partial charge in [0.1, 0.15) is 11.6 Å². The second kappa shape index (κ2) is 9.12. The summed E-state index contributed by atoms with van der Waals surface area (Å²) in [6.45, 7) is 9.51. The molecule has 142 valence electrons. The topological polar surface area (TPSA) is 80.0 Å². The molecule has 2 N–H and O–H groups in total. The number of aliphatic imine (C=N–C) groups is 1. The van der Waals surface area contributed by atoms with E-state index in [1.165, 1.54) is 24.1 Å². The van der Waals surface area contributed by atoms with Gasteiger partial charge in [0, 0.05) is 37.4 Å². The number of guanidine groups is 1. The summed E-state index contributed by atoms with van der Waals surface area (Å²) in [4.78, 5) is 10.4. The Kier molecular flexibility index (Phi) is 6.60. The third-order valence-electron chi connectivity index (χ3n) is 4.55. The molecule has 0 fully saturated rings. The van der Waals surface area contributed by atoms with E-state index in [0.717, 1.165) is 60.8 Å². The van der Waals surface area contributed by atoms with Gasteiger partial charge >= 0.3 is 0 Å². The van der Waals surface area contributed by atoms with Crippen molar-refractivity contribution in [1.82, 2.24) is 30.4 Å². The number of hydrogen-bond donors (Lipinski definition) is 2. The van der Waals surface area contributed by atoms with Crippen LogP contribution in [0.15, 0.2) is 4.99 Å². The zero-order valence-corrected chi connectivity index (χ0v) is 16.8. The average Bonchev–Trinajstić information content (AvgIpc) is 3.05. The summed E-state index contributed by atoms with van der Waals surface area (Å²) in [5.74, 6) is 3.07. The molecule has 0 radical (unpaired) electrons. The minimum atomic E-state index is 0.660. The molecule has 2 aromatic rings. The second-order valence-corrected chi connectivity index (χ2v) is 7.90. The number of aryl methyl sites for hydroxylation is 3. The van der Waals surface area contributed by atoms with Gasteiger partial charge in [-0.1, -0.05) is 6.42 Å². The molecular formula is C18H29N7S. The maximum Gasteiger partial charge on any atom is 0.191 e. The minimum Gasteiger partial charge on any atom is -0.357 e. The first-order chi connectivity index (χ1) is 12.7. The molecule has 26 heavy (non-hydrogen) atoms. The molecule has 0 amide bonds. The predicted octanol–water partition coefficient (Wildman–Crippen LogP) is 2.38. The van der Waals surface area contributed by atoms with Crippen LogP contribution in [0.2, 0.25) is 0 Å². The zero-order chi connectivity index (χ0) is 18.4. The fourth-order valence-corrected chi connectivity index (χ4v) is 4.10. The summed E-state index contributed by atoms with van der Waals surface area (Å²) < 4.78 is 2.31. The van der Waals surface area contributed by atoms with Crippen molar-refractivity contribution in [3.63, 3.8) is 0 Å². The molecule has 0 unspecified atom stereocenters. The van der Waals surface area contributed by atoms with Crippen LogP contribution in [0.4, 0.5) is 0 Å². The fourth-order valence-electron chi connectivity index (χ4n) is 3.24. The molecule has 1 aliphatic heterocycles. The van der Waals surface area contributed by atoms with Gasteiger partial charge in [0.25, 0.3) is 0 Å².